The number of carbonyl (C=O) groups excluding carboxylic acids is 1. The largest absolute Gasteiger partial charge is 0.368 e. The van der Waals surface area contributed by atoms with Crippen molar-refractivity contribution in [3.63, 3.8) is 0 Å². The van der Waals surface area contributed by atoms with E-state index in [0.717, 1.165) is 64.1 Å². The lowest BCUT2D eigenvalue weighted by molar-refractivity contribution is -0.0479. The molecule has 3 aliphatic rings. The highest BCUT2D eigenvalue weighted by molar-refractivity contribution is 6.43. The van der Waals surface area contributed by atoms with Crippen LogP contribution < -0.4 is 10.2 Å². The number of nitrogens with zero attached hydrogens (tertiary/aromatic N) is 3. The Kier molecular flexibility index (Phi) is 9.04. The number of piperazine rings is 1. The number of nitrogens with one attached hydrogen (secondary N) is 1. The number of amides is 2. The van der Waals surface area contributed by atoms with Gasteiger partial charge >= 0.3 is 6.03 Å². The zero-order chi connectivity index (χ0) is 25.0. The fraction of sp³-hybridized carbons (Fsp3) is 0.731. The summed E-state index contributed by atoms with van der Waals surface area (Å²) < 4.78 is 26.8. The first-order valence-corrected chi connectivity index (χ1v) is 13.8. The number of carbonyl (C=O) groups is 1. The SMILES string of the molecule is CN(C(=O)NC1CCC(CCN2CCN(c3cccc(Cl)c3Cl)CC2)CC1)C1CCC(F)(F)CC1. The van der Waals surface area contributed by atoms with Crippen molar-refractivity contribution in [3.8, 4) is 0 Å². The van der Waals surface area contributed by atoms with Crippen molar-refractivity contribution in [3.05, 3.63) is 28.2 Å². The Balaban J connectivity index is 1.12. The van der Waals surface area contributed by atoms with E-state index in [1.165, 1.54) is 6.42 Å². The maximum atomic E-state index is 13.4. The van der Waals surface area contributed by atoms with Crippen molar-refractivity contribution in [1.29, 1.82) is 0 Å². The molecular formula is C26H38Cl2F2N4O. The number of hydrogen-bond donors (Lipinski definition) is 1. The zero-order valence-electron chi connectivity index (χ0n) is 20.6. The predicted molar refractivity (Wildman–Crippen MR) is 139 cm³/mol. The van der Waals surface area contributed by atoms with E-state index in [9.17, 15) is 13.6 Å². The van der Waals surface area contributed by atoms with Gasteiger partial charge in [-0.05, 0) is 69.5 Å². The Morgan fingerprint density at radius 3 is 2.37 bits per heavy atom. The third kappa shape index (κ3) is 7.14. The molecule has 2 amide bonds. The first-order valence-electron chi connectivity index (χ1n) is 13.0. The van der Waals surface area contributed by atoms with Crippen molar-refractivity contribution >= 4 is 34.9 Å². The molecule has 1 aromatic rings. The van der Waals surface area contributed by atoms with Gasteiger partial charge in [0.1, 0.15) is 0 Å². The van der Waals surface area contributed by atoms with Crippen molar-refractivity contribution in [2.45, 2.75) is 75.8 Å². The van der Waals surface area contributed by atoms with Gasteiger partial charge in [-0.1, -0.05) is 29.3 Å². The van der Waals surface area contributed by atoms with E-state index in [-0.39, 0.29) is 31.0 Å². The lowest BCUT2D eigenvalue weighted by atomic mass is 9.84. The highest BCUT2D eigenvalue weighted by atomic mass is 35.5. The van der Waals surface area contributed by atoms with Crippen LogP contribution in [0.25, 0.3) is 0 Å². The molecule has 0 radical (unpaired) electrons. The van der Waals surface area contributed by atoms with Gasteiger partial charge in [-0.15, -0.1) is 0 Å². The minimum atomic E-state index is -2.57. The molecular weight excluding hydrogens is 493 g/mol. The number of alkyl halides is 2. The summed E-state index contributed by atoms with van der Waals surface area (Å²) in [4.78, 5) is 19.2. The monoisotopic (exact) mass is 530 g/mol. The molecule has 1 saturated heterocycles. The van der Waals surface area contributed by atoms with Crippen LogP contribution in [-0.4, -0.2) is 73.6 Å². The molecule has 2 saturated carbocycles. The molecule has 5 nitrogen and oxygen atoms in total. The van der Waals surface area contributed by atoms with Gasteiger partial charge in [-0.25, -0.2) is 13.6 Å². The molecule has 35 heavy (non-hydrogen) atoms. The van der Waals surface area contributed by atoms with E-state index < -0.39 is 5.92 Å². The molecule has 0 bridgehead atoms. The first-order chi connectivity index (χ1) is 16.7. The molecule has 0 spiro atoms. The number of urea groups is 1. The van der Waals surface area contributed by atoms with Gasteiger partial charge in [0.05, 0.1) is 15.7 Å². The third-order valence-electron chi connectivity index (χ3n) is 8.23. The summed E-state index contributed by atoms with van der Waals surface area (Å²) in [5, 5.41) is 4.39. The van der Waals surface area contributed by atoms with Crippen LogP contribution in [0.4, 0.5) is 19.3 Å². The number of benzene rings is 1. The Bertz CT molecular complexity index is 848. The lowest BCUT2D eigenvalue weighted by Gasteiger charge is -2.38. The van der Waals surface area contributed by atoms with E-state index in [0.29, 0.717) is 28.8 Å². The molecule has 4 rings (SSSR count). The summed E-state index contributed by atoms with van der Waals surface area (Å²) in [5.41, 5.74) is 1.02. The van der Waals surface area contributed by atoms with E-state index in [4.69, 9.17) is 23.2 Å². The third-order valence-corrected chi connectivity index (χ3v) is 9.04. The van der Waals surface area contributed by atoms with Crippen LogP contribution >= 0.6 is 23.2 Å². The Labute approximate surface area is 218 Å². The predicted octanol–water partition coefficient (Wildman–Crippen LogP) is 6.28. The Morgan fingerprint density at radius 1 is 1.06 bits per heavy atom. The van der Waals surface area contributed by atoms with Crippen molar-refractivity contribution in [1.82, 2.24) is 15.1 Å². The van der Waals surface area contributed by atoms with Crippen LogP contribution in [0.1, 0.15) is 57.8 Å². The van der Waals surface area contributed by atoms with Crippen LogP contribution in [0.3, 0.4) is 0 Å². The minimum absolute atomic E-state index is 0.0821. The minimum Gasteiger partial charge on any atom is -0.368 e. The number of halogens is 4. The van der Waals surface area contributed by atoms with Gasteiger partial charge in [0, 0.05) is 58.2 Å². The second kappa shape index (κ2) is 11.8. The van der Waals surface area contributed by atoms with Crippen LogP contribution in [0.2, 0.25) is 10.0 Å². The highest BCUT2D eigenvalue weighted by Crippen LogP contribution is 2.35. The van der Waals surface area contributed by atoms with Crippen LogP contribution in [0.15, 0.2) is 18.2 Å². The molecule has 2 aliphatic carbocycles. The summed E-state index contributed by atoms with van der Waals surface area (Å²) in [6.45, 7) is 5.05. The Morgan fingerprint density at radius 2 is 1.71 bits per heavy atom. The van der Waals surface area contributed by atoms with Crippen molar-refractivity contribution in [2.75, 3.05) is 44.7 Å². The maximum absolute atomic E-state index is 13.4. The summed E-state index contributed by atoms with van der Waals surface area (Å²) in [7, 11) is 1.75. The standard InChI is InChI=1S/C26H38Cl2F2N4O/c1-32(21-9-12-26(29,30)13-10-21)25(35)31-20-7-5-19(6-8-20)11-14-33-15-17-34(18-16-33)23-4-2-3-22(27)24(23)28/h2-4,19-21H,5-18H2,1H3,(H,31,35). The summed E-state index contributed by atoms with van der Waals surface area (Å²) in [6.07, 6.45) is 5.95. The average Bonchev–Trinajstić information content (AvgIpc) is 2.85. The number of anilines is 1. The summed E-state index contributed by atoms with van der Waals surface area (Å²) >= 11 is 12.6. The van der Waals surface area contributed by atoms with Gasteiger partial charge in [0.25, 0.3) is 0 Å². The molecule has 0 unspecified atom stereocenters. The Hall–Kier alpha value is -1.31. The fourth-order valence-electron chi connectivity index (χ4n) is 5.76. The average molecular weight is 532 g/mol. The second-order valence-corrected chi connectivity index (χ2v) is 11.3. The smallest absolute Gasteiger partial charge is 0.317 e. The molecule has 0 atom stereocenters. The van der Waals surface area contributed by atoms with Gasteiger partial charge in [0.2, 0.25) is 5.92 Å². The quantitative estimate of drug-likeness (QED) is 0.470. The molecule has 3 fully saturated rings. The van der Waals surface area contributed by atoms with Gasteiger partial charge in [-0.3, -0.25) is 4.90 Å². The van der Waals surface area contributed by atoms with Gasteiger partial charge in [0.15, 0.2) is 0 Å². The van der Waals surface area contributed by atoms with Crippen molar-refractivity contribution in [2.24, 2.45) is 5.92 Å². The van der Waals surface area contributed by atoms with E-state index in [1.54, 1.807) is 11.9 Å². The number of hydrogen-bond acceptors (Lipinski definition) is 3. The highest BCUT2D eigenvalue weighted by Gasteiger charge is 2.37. The van der Waals surface area contributed by atoms with Gasteiger partial charge in [-0.2, -0.15) is 0 Å². The first kappa shape index (κ1) is 26.7. The molecule has 1 N–H and O–H groups in total. The van der Waals surface area contributed by atoms with Crippen LogP contribution in [0, 0.1) is 5.92 Å². The molecule has 0 aromatic heterocycles. The topological polar surface area (TPSA) is 38.8 Å². The molecule has 1 heterocycles. The summed E-state index contributed by atoms with van der Waals surface area (Å²) in [5.74, 6) is -1.87. The van der Waals surface area contributed by atoms with Crippen molar-refractivity contribution < 1.29 is 13.6 Å². The fourth-order valence-corrected chi connectivity index (χ4v) is 6.18. The summed E-state index contributed by atoms with van der Waals surface area (Å²) in [6, 6.07) is 5.80. The zero-order valence-corrected chi connectivity index (χ0v) is 22.1. The molecule has 196 valence electrons. The lowest BCUT2D eigenvalue weighted by Crippen LogP contribution is -2.50. The molecule has 9 heteroatoms. The van der Waals surface area contributed by atoms with E-state index >= 15 is 0 Å². The van der Waals surface area contributed by atoms with E-state index in [2.05, 4.69) is 15.1 Å². The maximum Gasteiger partial charge on any atom is 0.317 e. The molecule has 1 aromatic carbocycles. The number of rotatable bonds is 6. The second-order valence-electron chi connectivity index (χ2n) is 10.6. The molecule has 1 aliphatic heterocycles. The van der Waals surface area contributed by atoms with Crippen LogP contribution in [0.5, 0.6) is 0 Å². The van der Waals surface area contributed by atoms with E-state index in [1.807, 2.05) is 18.2 Å². The normalized spacial score (nSPS) is 25.9. The van der Waals surface area contributed by atoms with Gasteiger partial charge < -0.3 is 15.1 Å². The van der Waals surface area contributed by atoms with Crippen LogP contribution in [-0.2, 0) is 0 Å².